The Kier molecular flexibility index (Phi) is 6.26. The van der Waals surface area contributed by atoms with Gasteiger partial charge in [-0.05, 0) is 19.1 Å². The average Bonchev–Trinajstić information content (AvgIpc) is 2.86. The standard InChI is InChI=1S/C24H19ClF3N5O2/c1-12-22(30-3-2-29-12)24(34)14-8-13(17(26)9-16(14)25)15-11-31-32-23-20(15)18(27)10-19(21(23)28)33-4-6-35-7-5-33/h2-3,8-11,24,34H,4-7H2,1H3/t24-/m0/s1. The molecule has 1 saturated heterocycles. The molecule has 0 bridgehead atoms. The van der Waals surface area contributed by atoms with Crippen LogP contribution < -0.4 is 4.90 Å². The van der Waals surface area contributed by atoms with E-state index in [0.29, 0.717) is 32.0 Å². The number of aryl methyl sites for hydroxylation is 1. The van der Waals surface area contributed by atoms with Gasteiger partial charge in [-0.15, -0.1) is 5.10 Å². The largest absolute Gasteiger partial charge is 0.382 e. The van der Waals surface area contributed by atoms with E-state index in [1.54, 1.807) is 11.8 Å². The molecule has 1 aliphatic heterocycles. The monoisotopic (exact) mass is 501 g/mol. The zero-order chi connectivity index (χ0) is 24.7. The topological polar surface area (TPSA) is 84.3 Å². The van der Waals surface area contributed by atoms with Crippen molar-refractivity contribution in [3.05, 3.63) is 76.2 Å². The smallest absolute Gasteiger partial charge is 0.174 e. The fourth-order valence-corrected chi connectivity index (χ4v) is 4.47. The fourth-order valence-electron chi connectivity index (χ4n) is 4.21. The van der Waals surface area contributed by atoms with Crippen LogP contribution in [-0.2, 0) is 4.74 Å². The van der Waals surface area contributed by atoms with Gasteiger partial charge in [0.05, 0.1) is 41.9 Å². The van der Waals surface area contributed by atoms with Gasteiger partial charge in [0.15, 0.2) is 5.82 Å². The molecule has 180 valence electrons. The summed E-state index contributed by atoms with van der Waals surface area (Å²) < 4.78 is 51.2. The van der Waals surface area contributed by atoms with E-state index in [4.69, 9.17) is 16.3 Å². The van der Waals surface area contributed by atoms with Crippen LogP contribution in [0, 0.1) is 24.4 Å². The first-order valence-corrected chi connectivity index (χ1v) is 11.2. The lowest BCUT2D eigenvalue weighted by Gasteiger charge is -2.29. The molecule has 2 aromatic heterocycles. The number of nitrogens with zero attached hydrogens (tertiary/aromatic N) is 5. The van der Waals surface area contributed by atoms with Gasteiger partial charge in [-0.2, -0.15) is 5.10 Å². The van der Waals surface area contributed by atoms with Crippen LogP contribution in [0.15, 0.2) is 36.8 Å². The van der Waals surface area contributed by atoms with Crippen molar-refractivity contribution >= 4 is 28.2 Å². The van der Waals surface area contributed by atoms with Crippen LogP contribution in [0.3, 0.4) is 0 Å². The predicted molar refractivity (Wildman–Crippen MR) is 124 cm³/mol. The summed E-state index contributed by atoms with van der Waals surface area (Å²) in [5.41, 5.74) is 0.378. The quantitative estimate of drug-likeness (QED) is 0.444. The summed E-state index contributed by atoms with van der Waals surface area (Å²) in [4.78, 5) is 9.90. The van der Waals surface area contributed by atoms with Gasteiger partial charge in [-0.25, -0.2) is 13.2 Å². The molecule has 35 heavy (non-hydrogen) atoms. The van der Waals surface area contributed by atoms with Gasteiger partial charge < -0.3 is 14.7 Å². The molecule has 1 atom stereocenters. The number of anilines is 1. The maximum atomic E-state index is 15.4. The van der Waals surface area contributed by atoms with Gasteiger partial charge in [-0.1, -0.05) is 11.6 Å². The number of hydrogen-bond acceptors (Lipinski definition) is 7. The third kappa shape index (κ3) is 4.18. The van der Waals surface area contributed by atoms with Crippen molar-refractivity contribution < 1.29 is 23.0 Å². The Morgan fingerprint density at radius 2 is 1.77 bits per heavy atom. The van der Waals surface area contributed by atoms with E-state index >= 15 is 13.2 Å². The number of rotatable bonds is 4. The lowest BCUT2D eigenvalue weighted by molar-refractivity contribution is 0.122. The lowest BCUT2D eigenvalue weighted by atomic mass is 9.96. The van der Waals surface area contributed by atoms with Gasteiger partial charge in [0, 0.05) is 53.3 Å². The van der Waals surface area contributed by atoms with Gasteiger partial charge >= 0.3 is 0 Å². The zero-order valence-electron chi connectivity index (χ0n) is 18.5. The predicted octanol–water partition coefficient (Wildman–Crippen LogP) is 4.38. The van der Waals surface area contributed by atoms with Crippen LogP contribution in [0.2, 0.25) is 5.02 Å². The zero-order valence-corrected chi connectivity index (χ0v) is 19.2. The molecule has 0 radical (unpaired) electrons. The molecule has 0 aliphatic carbocycles. The first kappa shape index (κ1) is 23.4. The highest BCUT2D eigenvalue weighted by molar-refractivity contribution is 6.31. The summed E-state index contributed by atoms with van der Waals surface area (Å²) in [5.74, 6) is -2.34. The average molecular weight is 502 g/mol. The van der Waals surface area contributed by atoms with Crippen molar-refractivity contribution in [2.75, 3.05) is 31.2 Å². The van der Waals surface area contributed by atoms with Crippen LogP contribution in [0.5, 0.6) is 0 Å². The highest BCUT2D eigenvalue weighted by atomic mass is 35.5. The van der Waals surface area contributed by atoms with Gasteiger partial charge in [0.2, 0.25) is 0 Å². The second-order valence-corrected chi connectivity index (χ2v) is 8.46. The second kappa shape index (κ2) is 9.37. The van der Waals surface area contributed by atoms with Crippen LogP contribution in [0.4, 0.5) is 18.9 Å². The minimum Gasteiger partial charge on any atom is -0.382 e. The number of ether oxygens (including phenoxy) is 1. The number of morpholine rings is 1. The molecule has 0 saturated carbocycles. The molecule has 1 aliphatic rings. The van der Waals surface area contributed by atoms with E-state index in [1.807, 2.05) is 0 Å². The van der Waals surface area contributed by atoms with Crippen molar-refractivity contribution in [1.82, 2.24) is 20.2 Å². The Morgan fingerprint density at radius 1 is 1.03 bits per heavy atom. The SMILES string of the molecule is Cc1nccnc1[C@@H](O)c1cc(-c2cnnc3c(F)c(N4CCOCC4)cc(F)c23)c(F)cc1Cl. The highest BCUT2D eigenvalue weighted by Crippen LogP contribution is 2.39. The summed E-state index contributed by atoms with van der Waals surface area (Å²) in [5, 5.41) is 18.2. The number of aliphatic hydroxyl groups excluding tert-OH is 1. The Bertz CT molecular complexity index is 1430. The molecular formula is C24H19ClF3N5O2. The van der Waals surface area contributed by atoms with Crippen molar-refractivity contribution in [2.24, 2.45) is 0 Å². The van der Waals surface area contributed by atoms with Gasteiger partial charge in [-0.3, -0.25) is 9.97 Å². The normalized spacial score (nSPS) is 15.0. The fraction of sp³-hybridized carbons (Fsp3) is 0.250. The molecule has 0 spiro atoms. The lowest BCUT2D eigenvalue weighted by Crippen LogP contribution is -2.36. The van der Waals surface area contributed by atoms with E-state index in [0.717, 1.165) is 18.3 Å². The number of aromatic nitrogens is 4. The summed E-state index contributed by atoms with van der Waals surface area (Å²) in [7, 11) is 0. The molecule has 1 fully saturated rings. The summed E-state index contributed by atoms with van der Waals surface area (Å²) in [6, 6.07) is 3.35. The highest BCUT2D eigenvalue weighted by Gasteiger charge is 2.26. The van der Waals surface area contributed by atoms with Crippen LogP contribution in [0.25, 0.3) is 22.0 Å². The number of aliphatic hydroxyl groups is 1. The van der Waals surface area contributed by atoms with Gasteiger partial charge in [0.25, 0.3) is 0 Å². The molecule has 3 heterocycles. The number of benzene rings is 2. The van der Waals surface area contributed by atoms with Crippen molar-refractivity contribution in [3.8, 4) is 11.1 Å². The second-order valence-electron chi connectivity index (χ2n) is 8.06. The Balaban J connectivity index is 1.67. The molecule has 0 unspecified atom stereocenters. The minimum atomic E-state index is -1.33. The van der Waals surface area contributed by atoms with E-state index in [-0.39, 0.29) is 44.0 Å². The maximum Gasteiger partial charge on any atom is 0.174 e. The molecule has 4 aromatic rings. The minimum absolute atomic E-state index is 0.0292. The first-order valence-electron chi connectivity index (χ1n) is 10.8. The molecule has 1 N–H and O–H groups in total. The van der Waals surface area contributed by atoms with E-state index in [1.165, 1.54) is 18.5 Å². The molecule has 2 aromatic carbocycles. The van der Waals surface area contributed by atoms with Crippen molar-refractivity contribution in [1.29, 1.82) is 0 Å². The molecule has 5 rings (SSSR count). The van der Waals surface area contributed by atoms with Crippen LogP contribution in [-0.4, -0.2) is 51.6 Å². The Morgan fingerprint density at radius 3 is 2.51 bits per heavy atom. The first-order chi connectivity index (χ1) is 16.9. The number of halogens is 4. The summed E-state index contributed by atoms with van der Waals surface area (Å²) in [6.07, 6.45) is 2.70. The number of fused-ring (bicyclic) bond motifs is 1. The van der Waals surface area contributed by atoms with Crippen molar-refractivity contribution in [2.45, 2.75) is 13.0 Å². The van der Waals surface area contributed by atoms with E-state index in [2.05, 4.69) is 20.2 Å². The third-order valence-corrected chi connectivity index (χ3v) is 6.31. The Labute approximate surface area is 203 Å². The number of hydrogen-bond donors (Lipinski definition) is 1. The van der Waals surface area contributed by atoms with Crippen LogP contribution in [0.1, 0.15) is 23.1 Å². The molecular weight excluding hydrogens is 483 g/mol. The maximum absolute atomic E-state index is 15.4. The molecule has 7 nitrogen and oxygen atoms in total. The summed E-state index contributed by atoms with van der Waals surface area (Å²) >= 11 is 6.24. The van der Waals surface area contributed by atoms with Crippen molar-refractivity contribution in [3.63, 3.8) is 0 Å². The van der Waals surface area contributed by atoms with Crippen LogP contribution >= 0.6 is 11.6 Å². The van der Waals surface area contributed by atoms with Gasteiger partial charge in [0.1, 0.15) is 23.3 Å². The van der Waals surface area contributed by atoms with E-state index < -0.39 is 23.6 Å². The molecule has 0 amide bonds. The molecule has 11 heteroatoms. The summed E-state index contributed by atoms with van der Waals surface area (Å²) in [6.45, 7) is 3.22. The Hall–Kier alpha value is -3.34. The third-order valence-electron chi connectivity index (χ3n) is 5.99. The van der Waals surface area contributed by atoms with E-state index in [9.17, 15) is 5.11 Å².